The molecule has 0 aliphatic heterocycles. The third-order valence-corrected chi connectivity index (χ3v) is 9.12. The number of ether oxygens (including phenoxy) is 1. The van der Waals surface area contributed by atoms with Crippen LogP contribution in [0.15, 0.2) is 71.6 Å². The number of anilines is 1. The van der Waals surface area contributed by atoms with Gasteiger partial charge in [0, 0.05) is 18.1 Å². The lowest BCUT2D eigenvalue weighted by Gasteiger charge is -2.34. The first-order valence-corrected chi connectivity index (χ1v) is 15.9. The van der Waals surface area contributed by atoms with Crippen molar-refractivity contribution in [3.63, 3.8) is 0 Å². The Morgan fingerprint density at radius 1 is 1.00 bits per heavy atom. The van der Waals surface area contributed by atoms with Crippen LogP contribution >= 0.6 is 11.6 Å². The molecule has 1 atom stereocenters. The average Bonchev–Trinajstić information content (AvgIpc) is 2.97. The third kappa shape index (κ3) is 8.04. The number of carbonyl (C=O) groups is 2. The SMILES string of the molecule is CCCCNC(=O)[C@@H](CC)N(Cc1ccccc1C)C(=O)CN(c1cc(Cl)ccc1OC)S(=O)(=O)c1ccc(C)cc1. The van der Waals surface area contributed by atoms with Crippen molar-refractivity contribution in [1.82, 2.24) is 10.2 Å². The molecule has 42 heavy (non-hydrogen) atoms. The molecular formula is C32H40ClN3O5S. The van der Waals surface area contributed by atoms with E-state index < -0.39 is 28.5 Å². The van der Waals surface area contributed by atoms with Gasteiger partial charge in [-0.25, -0.2) is 8.42 Å². The molecule has 0 aliphatic carbocycles. The Hall–Kier alpha value is -3.56. The molecule has 0 aliphatic rings. The summed E-state index contributed by atoms with van der Waals surface area (Å²) < 4.78 is 34.7. The summed E-state index contributed by atoms with van der Waals surface area (Å²) in [7, 11) is -2.83. The Bertz CT molecular complexity index is 1480. The van der Waals surface area contributed by atoms with E-state index in [9.17, 15) is 18.0 Å². The van der Waals surface area contributed by atoms with E-state index >= 15 is 0 Å². The van der Waals surface area contributed by atoms with E-state index in [4.69, 9.17) is 16.3 Å². The number of aryl methyl sites for hydroxylation is 2. The average molecular weight is 614 g/mol. The maximum atomic E-state index is 14.3. The van der Waals surface area contributed by atoms with Gasteiger partial charge in [0.25, 0.3) is 10.0 Å². The molecule has 0 unspecified atom stereocenters. The molecule has 3 aromatic carbocycles. The maximum Gasteiger partial charge on any atom is 0.264 e. The van der Waals surface area contributed by atoms with Gasteiger partial charge in [0.2, 0.25) is 11.8 Å². The van der Waals surface area contributed by atoms with Crippen molar-refractivity contribution in [2.24, 2.45) is 0 Å². The second kappa shape index (κ2) is 15.1. The minimum atomic E-state index is -4.25. The minimum Gasteiger partial charge on any atom is -0.495 e. The van der Waals surface area contributed by atoms with Crippen molar-refractivity contribution < 1.29 is 22.7 Å². The van der Waals surface area contributed by atoms with Gasteiger partial charge < -0.3 is 15.0 Å². The van der Waals surface area contributed by atoms with Crippen molar-refractivity contribution in [1.29, 1.82) is 0 Å². The first kappa shape index (κ1) is 32.9. The van der Waals surface area contributed by atoms with Gasteiger partial charge in [0.05, 0.1) is 17.7 Å². The molecule has 0 radical (unpaired) electrons. The van der Waals surface area contributed by atoms with Gasteiger partial charge in [0.15, 0.2) is 0 Å². The van der Waals surface area contributed by atoms with E-state index in [2.05, 4.69) is 5.32 Å². The van der Waals surface area contributed by atoms with E-state index in [1.807, 2.05) is 52.0 Å². The Kier molecular flexibility index (Phi) is 11.8. The molecule has 0 spiro atoms. The predicted octanol–water partition coefficient (Wildman–Crippen LogP) is 5.88. The number of amides is 2. The number of hydrogen-bond acceptors (Lipinski definition) is 5. The number of unbranched alkanes of at least 4 members (excludes halogenated alkanes) is 1. The fourth-order valence-electron chi connectivity index (χ4n) is 4.61. The quantitative estimate of drug-likeness (QED) is 0.229. The number of carbonyl (C=O) groups excluding carboxylic acids is 2. The van der Waals surface area contributed by atoms with Crippen molar-refractivity contribution in [3.05, 3.63) is 88.4 Å². The lowest BCUT2D eigenvalue weighted by atomic mass is 10.1. The van der Waals surface area contributed by atoms with Crippen LogP contribution in [0.25, 0.3) is 0 Å². The fourth-order valence-corrected chi connectivity index (χ4v) is 6.19. The molecule has 8 nitrogen and oxygen atoms in total. The molecule has 0 heterocycles. The molecule has 3 rings (SSSR count). The first-order valence-electron chi connectivity index (χ1n) is 14.1. The standard InChI is InChI=1S/C32H40ClN3O5S/c1-6-8-19-34-32(38)28(7-2)35(21-25-12-10-9-11-24(25)4)31(37)22-36(29-20-26(33)15-18-30(29)41-5)42(39,40)27-16-13-23(3)14-17-27/h9-18,20,28H,6-8,19,21-22H2,1-5H3,(H,34,38)/t28-/m1/s1. The molecule has 0 bridgehead atoms. The molecule has 3 aromatic rings. The molecule has 1 N–H and O–H groups in total. The summed E-state index contributed by atoms with van der Waals surface area (Å²) >= 11 is 6.31. The van der Waals surface area contributed by atoms with Gasteiger partial charge in [-0.2, -0.15) is 0 Å². The maximum absolute atomic E-state index is 14.3. The number of nitrogens with one attached hydrogen (secondary N) is 1. The summed E-state index contributed by atoms with van der Waals surface area (Å²) in [6.07, 6.45) is 2.07. The number of halogens is 1. The monoisotopic (exact) mass is 613 g/mol. The van der Waals surface area contributed by atoms with Crippen LogP contribution in [0.2, 0.25) is 5.02 Å². The second-order valence-corrected chi connectivity index (χ2v) is 12.5. The number of sulfonamides is 1. The third-order valence-electron chi connectivity index (χ3n) is 7.11. The van der Waals surface area contributed by atoms with Gasteiger partial charge in [0.1, 0.15) is 18.3 Å². The highest BCUT2D eigenvalue weighted by Crippen LogP contribution is 2.35. The number of rotatable bonds is 14. The summed E-state index contributed by atoms with van der Waals surface area (Å²) in [6, 6.07) is 17.8. The van der Waals surface area contributed by atoms with Crippen LogP contribution in [-0.2, 0) is 26.2 Å². The van der Waals surface area contributed by atoms with E-state index in [-0.39, 0.29) is 33.8 Å². The highest BCUT2D eigenvalue weighted by Gasteiger charge is 2.35. The topological polar surface area (TPSA) is 96.0 Å². The lowest BCUT2D eigenvalue weighted by Crippen LogP contribution is -2.52. The van der Waals surface area contributed by atoms with Gasteiger partial charge in [-0.3, -0.25) is 13.9 Å². The summed E-state index contributed by atoms with van der Waals surface area (Å²) in [5.74, 6) is -0.577. The Morgan fingerprint density at radius 2 is 1.69 bits per heavy atom. The second-order valence-electron chi connectivity index (χ2n) is 10.2. The predicted molar refractivity (Wildman–Crippen MR) is 167 cm³/mol. The minimum absolute atomic E-state index is 0.0118. The summed E-state index contributed by atoms with van der Waals surface area (Å²) in [5.41, 5.74) is 2.83. The van der Waals surface area contributed by atoms with E-state index in [0.29, 0.717) is 13.0 Å². The molecule has 226 valence electrons. The van der Waals surface area contributed by atoms with Crippen LogP contribution in [0.3, 0.4) is 0 Å². The molecule has 10 heteroatoms. The van der Waals surface area contributed by atoms with Crippen LogP contribution in [-0.4, -0.2) is 51.4 Å². The lowest BCUT2D eigenvalue weighted by molar-refractivity contribution is -0.140. The molecule has 2 amide bonds. The highest BCUT2D eigenvalue weighted by atomic mass is 35.5. The Balaban J connectivity index is 2.11. The van der Waals surface area contributed by atoms with Gasteiger partial charge >= 0.3 is 0 Å². The van der Waals surface area contributed by atoms with Gasteiger partial charge in [-0.1, -0.05) is 73.8 Å². The van der Waals surface area contributed by atoms with Crippen LogP contribution in [0.5, 0.6) is 5.75 Å². The van der Waals surface area contributed by atoms with E-state index in [1.54, 1.807) is 24.3 Å². The van der Waals surface area contributed by atoms with Crippen molar-refractivity contribution in [2.45, 2.75) is 64.4 Å². The number of methoxy groups -OCH3 is 1. The fraction of sp³-hybridized carbons (Fsp3) is 0.375. The number of hydrogen-bond donors (Lipinski definition) is 1. The van der Waals surface area contributed by atoms with Crippen molar-refractivity contribution in [3.8, 4) is 5.75 Å². The summed E-state index contributed by atoms with van der Waals surface area (Å²) in [4.78, 5) is 29.1. The smallest absolute Gasteiger partial charge is 0.264 e. The Morgan fingerprint density at radius 3 is 2.31 bits per heavy atom. The molecule has 0 aromatic heterocycles. The van der Waals surface area contributed by atoms with Crippen LogP contribution in [0.1, 0.15) is 49.8 Å². The first-order chi connectivity index (χ1) is 20.0. The van der Waals surface area contributed by atoms with Gasteiger partial charge in [-0.05, 0) is 68.1 Å². The van der Waals surface area contributed by atoms with Crippen LogP contribution in [0, 0.1) is 13.8 Å². The zero-order chi connectivity index (χ0) is 30.9. The van der Waals surface area contributed by atoms with Crippen LogP contribution in [0.4, 0.5) is 5.69 Å². The van der Waals surface area contributed by atoms with Gasteiger partial charge in [-0.15, -0.1) is 0 Å². The van der Waals surface area contributed by atoms with Crippen molar-refractivity contribution >= 4 is 39.1 Å². The number of benzene rings is 3. The summed E-state index contributed by atoms with van der Waals surface area (Å²) in [5, 5.41) is 3.22. The molecular weight excluding hydrogens is 574 g/mol. The summed E-state index contributed by atoms with van der Waals surface area (Å²) in [6.45, 7) is 7.72. The van der Waals surface area contributed by atoms with Crippen LogP contribution < -0.4 is 14.4 Å². The van der Waals surface area contributed by atoms with E-state index in [1.165, 1.54) is 30.2 Å². The molecule has 0 saturated heterocycles. The molecule has 0 saturated carbocycles. The largest absolute Gasteiger partial charge is 0.495 e. The van der Waals surface area contributed by atoms with Crippen molar-refractivity contribution in [2.75, 3.05) is 24.5 Å². The Labute approximate surface area is 254 Å². The normalized spacial score (nSPS) is 12.0. The number of nitrogens with zero attached hydrogens (tertiary/aromatic N) is 2. The highest BCUT2D eigenvalue weighted by molar-refractivity contribution is 7.92. The molecule has 0 fully saturated rings. The zero-order valence-corrected chi connectivity index (χ0v) is 26.5. The zero-order valence-electron chi connectivity index (χ0n) is 24.9. The van der Waals surface area contributed by atoms with E-state index in [0.717, 1.165) is 33.8 Å².